The van der Waals surface area contributed by atoms with Crippen molar-refractivity contribution in [2.75, 3.05) is 19.8 Å². The molecule has 0 spiro atoms. The molecule has 1 rings (SSSR count). The van der Waals surface area contributed by atoms with E-state index in [-0.39, 0.29) is 18.5 Å². The predicted molar refractivity (Wildman–Crippen MR) is 394 cm³/mol. The van der Waals surface area contributed by atoms with Gasteiger partial charge in [0.25, 0.3) is 0 Å². The summed E-state index contributed by atoms with van der Waals surface area (Å²) in [6, 6.07) is -0.807. The Morgan fingerprint density at radius 3 is 1.10 bits per heavy atom. The molecule has 0 aromatic heterocycles. The predicted octanol–water partition coefficient (Wildman–Crippen LogP) is 21.9. The largest absolute Gasteiger partial charge is 0.466 e. The lowest BCUT2D eigenvalue weighted by Crippen LogP contribution is -2.60. The van der Waals surface area contributed by atoms with Crippen molar-refractivity contribution in [2.45, 2.75) is 442 Å². The zero-order valence-corrected chi connectivity index (χ0v) is 61.0. The number of amides is 1. The van der Waals surface area contributed by atoms with Gasteiger partial charge in [-0.05, 0) is 89.9 Å². The highest BCUT2D eigenvalue weighted by molar-refractivity contribution is 5.76. The Bertz CT molecular complexity index is 1690. The molecule has 1 saturated heterocycles. The van der Waals surface area contributed by atoms with Crippen LogP contribution in [0.5, 0.6) is 0 Å². The summed E-state index contributed by atoms with van der Waals surface area (Å²) in [5, 5.41) is 54.4. The van der Waals surface area contributed by atoms with Gasteiger partial charge in [-0.25, -0.2) is 0 Å². The summed E-state index contributed by atoms with van der Waals surface area (Å²) >= 11 is 0. The first kappa shape index (κ1) is 88.6. The first-order valence-electron chi connectivity index (χ1n) is 40.4. The second kappa shape index (κ2) is 70.9. The van der Waals surface area contributed by atoms with Crippen LogP contribution in [0.15, 0.2) is 48.6 Å². The fourth-order valence-corrected chi connectivity index (χ4v) is 12.8. The van der Waals surface area contributed by atoms with Crippen LogP contribution in [-0.4, -0.2) is 100 Å². The maximum absolute atomic E-state index is 13.0. The highest BCUT2D eigenvalue weighted by atomic mass is 16.7. The number of rotatable bonds is 72. The highest BCUT2D eigenvalue weighted by Gasteiger charge is 2.44. The Labute approximate surface area is 574 Å². The number of carbonyl (C=O) groups is 2. The normalized spacial score (nSPS) is 17.7. The molecular formula is C82H153NO10. The van der Waals surface area contributed by atoms with Crippen LogP contribution in [0.4, 0.5) is 0 Å². The maximum atomic E-state index is 13.0. The fourth-order valence-electron chi connectivity index (χ4n) is 12.8. The standard InChI is InChI=1S/C82H153NO10/c1-3-5-7-9-11-13-15-16-17-44-47-50-54-58-62-66-70-78(87)91-71-67-63-59-55-51-48-45-42-40-38-36-34-32-30-28-26-24-22-20-18-19-21-23-25-27-29-31-33-35-37-39-41-43-46-49-53-57-61-65-69-77(86)83-74(73-92-82-81(90)80(89)79(88)76(72-84)93-82)75(85)68-64-60-56-52-14-12-10-8-6-4-2/h17-19,22,24,44,64,68,74-76,79-82,84-85,88-90H,3-16,20-21,23,25-43,45-63,65-67,69-73H2,1-2H3,(H,83,86)/b19-18-,24-22-,44-17-,68-64+. The number of aliphatic hydroxyl groups excluding tert-OH is 5. The zero-order chi connectivity index (χ0) is 67.2. The van der Waals surface area contributed by atoms with Gasteiger partial charge in [0.05, 0.1) is 32.0 Å². The molecule has 7 unspecified atom stereocenters. The second-order valence-corrected chi connectivity index (χ2v) is 28.1. The maximum Gasteiger partial charge on any atom is 0.305 e. The third-order valence-electron chi connectivity index (χ3n) is 19.2. The number of hydrogen-bond acceptors (Lipinski definition) is 10. The van der Waals surface area contributed by atoms with Gasteiger partial charge in [-0.3, -0.25) is 9.59 Å². The van der Waals surface area contributed by atoms with Crippen LogP contribution >= 0.6 is 0 Å². The number of aliphatic hydroxyl groups is 5. The van der Waals surface area contributed by atoms with E-state index in [1.54, 1.807) is 6.08 Å². The number of allylic oxidation sites excluding steroid dienone is 7. The topological polar surface area (TPSA) is 175 Å². The number of carbonyl (C=O) groups excluding carboxylic acids is 2. The zero-order valence-electron chi connectivity index (χ0n) is 61.0. The van der Waals surface area contributed by atoms with Gasteiger partial charge in [0.2, 0.25) is 5.91 Å². The molecule has 11 heteroatoms. The monoisotopic (exact) mass is 1310 g/mol. The van der Waals surface area contributed by atoms with Crippen molar-refractivity contribution in [3.8, 4) is 0 Å². The van der Waals surface area contributed by atoms with E-state index in [0.717, 1.165) is 64.2 Å². The molecule has 93 heavy (non-hydrogen) atoms. The van der Waals surface area contributed by atoms with Crippen LogP contribution in [0.3, 0.4) is 0 Å². The van der Waals surface area contributed by atoms with Gasteiger partial charge >= 0.3 is 5.97 Å². The molecule has 7 atom stereocenters. The number of unbranched alkanes of at least 4 members (excludes halogenated alkanes) is 52. The number of hydrogen-bond donors (Lipinski definition) is 6. The van der Waals surface area contributed by atoms with Crippen LogP contribution in [0, 0.1) is 0 Å². The molecule has 0 aromatic carbocycles. The summed E-state index contributed by atoms with van der Waals surface area (Å²) in [6.45, 7) is 4.36. The lowest BCUT2D eigenvalue weighted by atomic mass is 9.99. The van der Waals surface area contributed by atoms with Gasteiger partial charge in [-0.2, -0.15) is 0 Å². The third-order valence-corrected chi connectivity index (χ3v) is 19.2. The van der Waals surface area contributed by atoms with Crippen molar-refractivity contribution in [3.05, 3.63) is 48.6 Å². The van der Waals surface area contributed by atoms with E-state index in [4.69, 9.17) is 14.2 Å². The lowest BCUT2D eigenvalue weighted by molar-refractivity contribution is -0.302. The number of ether oxygens (including phenoxy) is 3. The lowest BCUT2D eigenvalue weighted by Gasteiger charge is -2.40. The average Bonchev–Trinajstić information content (AvgIpc) is 0.927. The summed E-state index contributed by atoms with van der Waals surface area (Å²) in [4.78, 5) is 25.1. The number of esters is 1. The Balaban J connectivity index is 1.87. The minimum atomic E-state index is -1.57. The molecule has 1 aliphatic heterocycles. The van der Waals surface area contributed by atoms with Crippen molar-refractivity contribution in [2.24, 2.45) is 0 Å². The average molecular weight is 1310 g/mol. The molecule has 0 radical (unpaired) electrons. The molecule has 546 valence electrons. The van der Waals surface area contributed by atoms with Crippen molar-refractivity contribution in [1.29, 1.82) is 0 Å². The van der Waals surface area contributed by atoms with Crippen LogP contribution in [0.2, 0.25) is 0 Å². The van der Waals surface area contributed by atoms with E-state index in [9.17, 15) is 35.1 Å². The van der Waals surface area contributed by atoms with Crippen LogP contribution in [0.1, 0.15) is 399 Å². The summed E-state index contributed by atoms with van der Waals surface area (Å²) in [5.41, 5.74) is 0. The van der Waals surface area contributed by atoms with Crippen LogP contribution in [-0.2, 0) is 23.8 Å². The van der Waals surface area contributed by atoms with E-state index < -0.39 is 49.5 Å². The summed E-state index contributed by atoms with van der Waals surface area (Å²) in [7, 11) is 0. The van der Waals surface area contributed by atoms with Crippen LogP contribution < -0.4 is 5.32 Å². The molecular weight excluding hydrogens is 1160 g/mol. The fraction of sp³-hybridized carbons (Fsp3) is 0.878. The molecule has 0 bridgehead atoms. The molecule has 0 aliphatic carbocycles. The van der Waals surface area contributed by atoms with E-state index in [1.165, 1.54) is 308 Å². The van der Waals surface area contributed by atoms with Gasteiger partial charge in [0.1, 0.15) is 24.4 Å². The summed E-state index contributed by atoms with van der Waals surface area (Å²) in [5.74, 6) is -0.171. The van der Waals surface area contributed by atoms with Gasteiger partial charge in [-0.15, -0.1) is 0 Å². The van der Waals surface area contributed by atoms with Crippen molar-refractivity contribution >= 4 is 11.9 Å². The SMILES string of the molecule is CCCCCCCCC/C=C\CCCCCCCC(=O)OCCCCCCCCCCCCCCCCC/C=C\C/C=C\CCCCCCCCCCCCCCCCCCCC(=O)NC(COC1OC(CO)C(O)C(O)C1O)C(O)/C=C/CCCCCCCCCC. The Morgan fingerprint density at radius 1 is 0.398 bits per heavy atom. The van der Waals surface area contributed by atoms with Gasteiger partial charge in [-0.1, -0.05) is 345 Å². The molecule has 11 nitrogen and oxygen atoms in total. The van der Waals surface area contributed by atoms with Crippen LogP contribution in [0.25, 0.3) is 0 Å². The second-order valence-electron chi connectivity index (χ2n) is 28.1. The quantitative estimate of drug-likeness (QED) is 0.0195. The first-order chi connectivity index (χ1) is 45.7. The highest BCUT2D eigenvalue weighted by Crippen LogP contribution is 2.24. The molecule has 6 N–H and O–H groups in total. The molecule has 0 aromatic rings. The van der Waals surface area contributed by atoms with Crippen molar-refractivity contribution in [3.63, 3.8) is 0 Å². The van der Waals surface area contributed by atoms with E-state index in [2.05, 4.69) is 55.6 Å². The Kier molecular flexibility index (Phi) is 67.6. The van der Waals surface area contributed by atoms with Gasteiger partial charge < -0.3 is 45.1 Å². The Hall–Kier alpha value is -2.38. The van der Waals surface area contributed by atoms with Crippen molar-refractivity contribution in [1.82, 2.24) is 5.32 Å². The van der Waals surface area contributed by atoms with Gasteiger partial charge in [0, 0.05) is 12.8 Å². The minimum Gasteiger partial charge on any atom is -0.466 e. The van der Waals surface area contributed by atoms with Crippen molar-refractivity contribution < 1.29 is 49.3 Å². The molecule has 1 heterocycles. The third kappa shape index (κ3) is 59.4. The van der Waals surface area contributed by atoms with Gasteiger partial charge in [0.15, 0.2) is 6.29 Å². The number of nitrogens with one attached hydrogen (secondary N) is 1. The summed E-state index contributed by atoms with van der Waals surface area (Å²) in [6.07, 6.45) is 84.5. The smallest absolute Gasteiger partial charge is 0.305 e. The molecule has 1 aliphatic rings. The summed E-state index contributed by atoms with van der Waals surface area (Å²) < 4.78 is 16.7. The first-order valence-corrected chi connectivity index (χ1v) is 40.4. The van der Waals surface area contributed by atoms with E-state index >= 15 is 0 Å². The molecule has 1 fully saturated rings. The molecule has 1 amide bonds. The van der Waals surface area contributed by atoms with E-state index in [1.807, 2.05) is 6.08 Å². The minimum absolute atomic E-state index is 0.00761. The van der Waals surface area contributed by atoms with E-state index in [0.29, 0.717) is 19.4 Å². The molecule has 0 saturated carbocycles. The Morgan fingerprint density at radius 2 is 0.720 bits per heavy atom.